The first kappa shape index (κ1) is 21.4. The quantitative estimate of drug-likeness (QED) is 0.587. The van der Waals surface area contributed by atoms with Gasteiger partial charge in [-0.1, -0.05) is 60.7 Å². The number of carbonyl (C=O) groups is 1. The summed E-state index contributed by atoms with van der Waals surface area (Å²) >= 11 is 0. The molecule has 3 atom stereocenters. The highest BCUT2D eigenvalue weighted by Gasteiger charge is 2.60. The molecule has 0 amide bonds. The zero-order valence-corrected chi connectivity index (χ0v) is 18.0. The van der Waals surface area contributed by atoms with Gasteiger partial charge in [0, 0.05) is 25.7 Å². The molecule has 3 aliphatic heterocycles. The second-order valence-corrected chi connectivity index (χ2v) is 8.98. The lowest BCUT2D eigenvalue weighted by molar-refractivity contribution is -0.992. The van der Waals surface area contributed by atoms with Crippen molar-refractivity contribution in [3.8, 4) is 0 Å². The molecule has 3 fully saturated rings. The maximum Gasteiger partial charge on any atom is 0.352 e. The molecule has 0 radical (unpaired) electrons. The largest absolute Gasteiger partial charge is 1.00 e. The normalized spacial score (nSPS) is 30.1. The van der Waals surface area contributed by atoms with Gasteiger partial charge in [0.15, 0.2) is 0 Å². The molecule has 4 nitrogen and oxygen atoms in total. The minimum Gasteiger partial charge on any atom is -1.00 e. The van der Waals surface area contributed by atoms with Crippen LogP contribution in [0.25, 0.3) is 0 Å². The predicted molar refractivity (Wildman–Crippen MR) is 111 cm³/mol. The molecule has 3 unspecified atom stereocenters. The number of esters is 1. The molecule has 0 aromatic heterocycles. The lowest BCUT2D eigenvalue weighted by Crippen LogP contribution is -3.00. The fraction of sp³-hybridized carbons (Fsp3) is 0.480. The molecule has 3 heterocycles. The van der Waals surface area contributed by atoms with Gasteiger partial charge in [-0.05, 0) is 30.4 Å². The first-order valence-electron chi connectivity index (χ1n) is 11.1. The summed E-state index contributed by atoms with van der Waals surface area (Å²) in [4.78, 5) is 13.6. The van der Waals surface area contributed by atoms with Gasteiger partial charge in [-0.15, -0.1) is 0 Å². The number of rotatable bonds is 4. The summed E-state index contributed by atoms with van der Waals surface area (Å²) < 4.78 is 7.21. The smallest absolute Gasteiger partial charge is 0.352 e. The Morgan fingerprint density at radius 3 is 1.90 bits per heavy atom. The van der Waals surface area contributed by atoms with E-state index in [1.165, 1.54) is 32.1 Å². The van der Waals surface area contributed by atoms with E-state index in [0.717, 1.165) is 23.9 Å². The van der Waals surface area contributed by atoms with Gasteiger partial charge >= 0.3 is 5.97 Å². The summed E-state index contributed by atoms with van der Waals surface area (Å²) in [6.45, 7) is 1.11. The molecular formula is C25H30ClNO3. The van der Waals surface area contributed by atoms with Crippen LogP contribution in [0.5, 0.6) is 0 Å². The van der Waals surface area contributed by atoms with E-state index in [0.29, 0.717) is 23.2 Å². The number of carbonyl (C=O) groups excluding carboxylic acids is 1. The second kappa shape index (κ2) is 8.33. The highest BCUT2D eigenvalue weighted by atomic mass is 35.5. The molecule has 3 aliphatic rings. The van der Waals surface area contributed by atoms with E-state index < -0.39 is 11.6 Å². The Kier molecular flexibility index (Phi) is 5.93. The number of quaternary nitrogens is 1. The maximum absolute atomic E-state index is 13.6. The molecule has 0 saturated carbocycles. The van der Waals surface area contributed by atoms with Gasteiger partial charge in [0.05, 0.1) is 18.6 Å². The van der Waals surface area contributed by atoms with Gasteiger partial charge in [-0.3, -0.25) is 4.48 Å². The number of ether oxygens (including phenoxy) is 1. The van der Waals surface area contributed by atoms with Crippen LogP contribution in [0.4, 0.5) is 0 Å². The number of hydrogen-bond acceptors (Lipinski definition) is 3. The molecule has 2 bridgehead atoms. The lowest BCUT2D eigenvalue weighted by atomic mass is 9.86. The Morgan fingerprint density at radius 2 is 1.37 bits per heavy atom. The van der Waals surface area contributed by atoms with Crippen molar-refractivity contribution in [3.05, 3.63) is 71.8 Å². The lowest BCUT2D eigenvalue weighted by Gasteiger charge is -2.48. The average molecular weight is 428 g/mol. The Hall–Kier alpha value is -1.88. The third-order valence-corrected chi connectivity index (χ3v) is 7.72. The summed E-state index contributed by atoms with van der Waals surface area (Å²) in [7, 11) is 0. The molecule has 30 heavy (non-hydrogen) atoms. The zero-order chi connectivity index (χ0) is 19.9. The Balaban J connectivity index is 0.00000218. The van der Waals surface area contributed by atoms with Gasteiger partial charge in [0.25, 0.3) is 0 Å². The highest BCUT2D eigenvalue weighted by Crippen LogP contribution is 2.49. The summed E-state index contributed by atoms with van der Waals surface area (Å²) in [5, 5.41) is 11.7. The molecule has 160 valence electrons. The van der Waals surface area contributed by atoms with E-state index in [1.54, 1.807) is 24.3 Å². The number of nitrogens with zero attached hydrogens (tertiary/aromatic N) is 1. The van der Waals surface area contributed by atoms with E-state index in [9.17, 15) is 9.90 Å². The summed E-state index contributed by atoms with van der Waals surface area (Å²) in [5.74, 6) is -0.538. The standard InChI is InChI=1S/C25H30NO3.ClH/c27-24(25(28,19-9-3-1-4-10-19)20-11-5-2-6-12-20)29-23-15-8-18-26(23)21-13-7-14-22(26)17-16-21;/h1-6,9-12,21-23,28H,7-8,13-18H2;1H/q+1;/p-1. The van der Waals surface area contributed by atoms with Crippen LogP contribution in [0.1, 0.15) is 56.1 Å². The van der Waals surface area contributed by atoms with Gasteiger partial charge in [-0.25, -0.2) is 4.79 Å². The van der Waals surface area contributed by atoms with Crippen LogP contribution in [0, 0.1) is 0 Å². The number of halogens is 1. The van der Waals surface area contributed by atoms with Crippen LogP contribution in [0.15, 0.2) is 60.7 Å². The third-order valence-electron chi connectivity index (χ3n) is 7.72. The van der Waals surface area contributed by atoms with Crippen LogP contribution < -0.4 is 12.4 Å². The molecule has 0 aliphatic carbocycles. The molecule has 5 heteroatoms. The van der Waals surface area contributed by atoms with Crippen LogP contribution >= 0.6 is 0 Å². The van der Waals surface area contributed by atoms with Crippen molar-refractivity contribution >= 4 is 5.97 Å². The number of aliphatic hydroxyl groups is 1. The van der Waals surface area contributed by atoms with E-state index >= 15 is 0 Å². The molecular weight excluding hydrogens is 398 g/mol. The van der Waals surface area contributed by atoms with E-state index in [4.69, 9.17) is 4.74 Å². The van der Waals surface area contributed by atoms with Gasteiger partial charge in [-0.2, -0.15) is 0 Å². The third kappa shape index (κ3) is 3.17. The molecule has 2 aromatic rings. The number of hydrogen-bond donors (Lipinski definition) is 1. The molecule has 1 spiro atoms. The summed E-state index contributed by atoms with van der Waals surface area (Å²) in [6.07, 6.45) is 8.16. The van der Waals surface area contributed by atoms with E-state index in [2.05, 4.69) is 0 Å². The Morgan fingerprint density at radius 1 is 0.833 bits per heavy atom. The first-order chi connectivity index (χ1) is 14.2. The first-order valence-corrected chi connectivity index (χ1v) is 11.1. The summed E-state index contributed by atoms with van der Waals surface area (Å²) in [5.41, 5.74) is -0.672. The molecule has 1 N–H and O–H groups in total. The Labute approximate surface area is 184 Å². The Bertz CT molecular complexity index is 817. The van der Waals surface area contributed by atoms with Crippen molar-refractivity contribution in [3.63, 3.8) is 0 Å². The van der Waals surface area contributed by atoms with Gasteiger partial charge in [0.1, 0.15) is 0 Å². The minimum atomic E-state index is -1.79. The second-order valence-electron chi connectivity index (χ2n) is 8.98. The number of benzene rings is 2. The van der Waals surface area contributed by atoms with Crippen molar-refractivity contribution in [2.75, 3.05) is 6.54 Å². The van der Waals surface area contributed by atoms with Crippen LogP contribution in [0.2, 0.25) is 0 Å². The monoisotopic (exact) mass is 427 g/mol. The fourth-order valence-corrected chi connectivity index (χ4v) is 6.41. The van der Waals surface area contributed by atoms with Crippen molar-refractivity contribution in [2.45, 2.75) is 68.9 Å². The van der Waals surface area contributed by atoms with Crippen molar-refractivity contribution in [1.29, 1.82) is 0 Å². The SMILES string of the molecule is O=C(OC1CCC[N+]12C1CCCC2CC1)C(O)(c1ccccc1)c1ccccc1.[Cl-]. The van der Waals surface area contributed by atoms with Crippen LogP contribution in [-0.4, -0.2) is 40.4 Å². The molecule has 2 aromatic carbocycles. The highest BCUT2D eigenvalue weighted by molar-refractivity contribution is 5.85. The van der Waals surface area contributed by atoms with Crippen molar-refractivity contribution in [1.82, 2.24) is 0 Å². The average Bonchev–Trinajstić information content (AvgIpc) is 3.23. The van der Waals surface area contributed by atoms with Crippen molar-refractivity contribution < 1.29 is 31.5 Å². The minimum absolute atomic E-state index is 0. The summed E-state index contributed by atoms with van der Waals surface area (Å²) in [6, 6.07) is 19.6. The van der Waals surface area contributed by atoms with Crippen LogP contribution in [0.3, 0.4) is 0 Å². The molecule has 5 rings (SSSR count). The number of piperidine rings is 1. The van der Waals surface area contributed by atoms with Crippen LogP contribution in [-0.2, 0) is 15.1 Å². The fourth-order valence-electron chi connectivity index (χ4n) is 6.41. The zero-order valence-electron chi connectivity index (χ0n) is 17.3. The topological polar surface area (TPSA) is 46.5 Å². The maximum atomic E-state index is 13.6. The van der Waals surface area contributed by atoms with E-state index in [-0.39, 0.29) is 18.6 Å². The van der Waals surface area contributed by atoms with Gasteiger partial charge in [0.2, 0.25) is 11.8 Å². The van der Waals surface area contributed by atoms with E-state index in [1.807, 2.05) is 36.4 Å². The van der Waals surface area contributed by atoms with Crippen molar-refractivity contribution in [2.24, 2.45) is 0 Å². The van der Waals surface area contributed by atoms with Gasteiger partial charge < -0.3 is 22.3 Å². The molecule has 3 saturated heterocycles. The predicted octanol–water partition coefficient (Wildman–Crippen LogP) is 1.12.